The van der Waals surface area contributed by atoms with Gasteiger partial charge in [-0.25, -0.2) is 9.50 Å². The highest BCUT2D eigenvalue weighted by Gasteiger charge is 2.25. The lowest BCUT2D eigenvalue weighted by Gasteiger charge is -2.07. The zero-order valence-corrected chi connectivity index (χ0v) is 13.3. The van der Waals surface area contributed by atoms with Crippen LogP contribution in [0.15, 0.2) is 21.6 Å². The molecule has 114 valence electrons. The molecule has 0 amide bonds. The quantitative estimate of drug-likeness (QED) is 0.806. The fourth-order valence-corrected chi connectivity index (χ4v) is 3.96. The van der Waals surface area contributed by atoms with Crippen LogP contribution in [0.4, 0.5) is 0 Å². The van der Waals surface area contributed by atoms with E-state index in [1.807, 2.05) is 23.8 Å². The number of aromatic nitrogens is 4. The van der Waals surface area contributed by atoms with E-state index < -0.39 is 0 Å². The van der Waals surface area contributed by atoms with Crippen LogP contribution in [0.2, 0.25) is 0 Å². The zero-order valence-electron chi connectivity index (χ0n) is 12.5. The van der Waals surface area contributed by atoms with Crippen LogP contribution in [0, 0.1) is 0 Å². The van der Waals surface area contributed by atoms with E-state index in [0.29, 0.717) is 17.3 Å². The summed E-state index contributed by atoms with van der Waals surface area (Å²) in [4.78, 5) is 20.2. The second-order valence-electron chi connectivity index (χ2n) is 5.83. The fourth-order valence-electron chi connectivity index (χ4n) is 3.32. The van der Waals surface area contributed by atoms with Gasteiger partial charge in [-0.3, -0.25) is 4.79 Å². The minimum Gasteiger partial charge on any atom is -0.303 e. The topological polar surface area (TPSA) is 63.1 Å². The number of hydrogen-bond donors (Lipinski definition) is 1. The number of fused-ring (bicyclic) bond motifs is 1. The highest BCUT2D eigenvalue weighted by Crippen LogP contribution is 2.34. The van der Waals surface area contributed by atoms with Gasteiger partial charge in [-0.05, 0) is 30.7 Å². The minimum atomic E-state index is -0.0928. The first-order chi connectivity index (χ1) is 10.8. The molecule has 0 unspecified atom stereocenters. The van der Waals surface area contributed by atoms with E-state index in [2.05, 4.69) is 4.98 Å². The molecule has 22 heavy (non-hydrogen) atoms. The van der Waals surface area contributed by atoms with Gasteiger partial charge in [0.15, 0.2) is 11.3 Å². The number of H-pyrrole nitrogens is 1. The van der Waals surface area contributed by atoms with Gasteiger partial charge in [0.2, 0.25) is 0 Å². The molecule has 1 fully saturated rings. The van der Waals surface area contributed by atoms with E-state index >= 15 is 0 Å². The van der Waals surface area contributed by atoms with Gasteiger partial charge in [0.05, 0.1) is 5.69 Å². The summed E-state index contributed by atoms with van der Waals surface area (Å²) in [5.41, 5.74) is 2.33. The first-order valence-corrected chi connectivity index (χ1v) is 8.76. The van der Waals surface area contributed by atoms with Crippen LogP contribution in [-0.4, -0.2) is 19.6 Å². The molecule has 0 aromatic carbocycles. The molecule has 3 aromatic heterocycles. The number of rotatable bonds is 3. The van der Waals surface area contributed by atoms with E-state index in [9.17, 15) is 4.79 Å². The summed E-state index contributed by atoms with van der Waals surface area (Å²) in [5.74, 6) is 2.02. The van der Waals surface area contributed by atoms with Crippen molar-refractivity contribution >= 4 is 16.9 Å². The summed E-state index contributed by atoms with van der Waals surface area (Å²) in [7, 11) is 0. The lowest BCUT2D eigenvalue weighted by Crippen LogP contribution is -2.16. The average Bonchev–Trinajstić information content (AvgIpc) is 3.26. The fraction of sp³-hybridized carbons (Fsp3) is 0.438. The molecule has 5 nitrogen and oxygen atoms in total. The van der Waals surface area contributed by atoms with Crippen LogP contribution in [0.1, 0.15) is 50.0 Å². The van der Waals surface area contributed by atoms with Gasteiger partial charge in [-0.15, -0.1) is 5.10 Å². The monoisotopic (exact) mass is 314 g/mol. The number of aromatic amines is 1. The lowest BCUT2D eigenvalue weighted by molar-refractivity contribution is 0.639. The van der Waals surface area contributed by atoms with E-state index in [-0.39, 0.29) is 5.56 Å². The van der Waals surface area contributed by atoms with Crippen molar-refractivity contribution in [2.75, 3.05) is 0 Å². The van der Waals surface area contributed by atoms with Crippen LogP contribution < -0.4 is 5.56 Å². The van der Waals surface area contributed by atoms with Crippen molar-refractivity contribution in [3.05, 3.63) is 38.7 Å². The molecular formula is C16H18N4OS. The van der Waals surface area contributed by atoms with Crippen molar-refractivity contribution in [1.82, 2.24) is 19.6 Å². The van der Waals surface area contributed by atoms with E-state index in [4.69, 9.17) is 10.1 Å². The number of imidazole rings is 1. The molecular weight excluding hydrogens is 296 g/mol. The van der Waals surface area contributed by atoms with Crippen molar-refractivity contribution in [3.8, 4) is 11.4 Å². The third-order valence-corrected chi connectivity index (χ3v) is 5.13. The maximum absolute atomic E-state index is 12.5. The van der Waals surface area contributed by atoms with Gasteiger partial charge in [0.25, 0.3) is 5.56 Å². The summed E-state index contributed by atoms with van der Waals surface area (Å²) in [6.07, 6.45) is 5.51. The Morgan fingerprint density at radius 3 is 2.91 bits per heavy atom. The van der Waals surface area contributed by atoms with E-state index in [0.717, 1.165) is 36.3 Å². The molecule has 3 heterocycles. The summed E-state index contributed by atoms with van der Waals surface area (Å²) in [6, 6.07) is 1.97. The van der Waals surface area contributed by atoms with Gasteiger partial charge in [0, 0.05) is 16.9 Å². The highest BCUT2D eigenvalue weighted by atomic mass is 32.1. The van der Waals surface area contributed by atoms with Gasteiger partial charge >= 0.3 is 0 Å². The molecule has 0 bridgehead atoms. The molecule has 0 aliphatic heterocycles. The first kappa shape index (κ1) is 13.7. The lowest BCUT2D eigenvalue weighted by atomic mass is 10.1. The van der Waals surface area contributed by atoms with Crippen LogP contribution in [0.5, 0.6) is 0 Å². The molecule has 3 aromatic rings. The summed E-state index contributed by atoms with van der Waals surface area (Å²) < 4.78 is 1.81. The molecule has 0 spiro atoms. The van der Waals surface area contributed by atoms with Gasteiger partial charge in [-0.1, -0.05) is 19.8 Å². The number of nitrogens with zero attached hydrogens (tertiary/aromatic N) is 3. The van der Waals surface area contributed by atoms with Gasteiger partial charge in [0.1, 0.15) is 5.82 Å². The molecule has 0 radical (unpaired) electrons. The minimum absolute atomic E-state index is 0.0928. The van der Waals surface area contributed by atoms with Gasteiger partial charge in [-0.2, -0.15) is 11.3 Å². The Balaban J connectivity index is 1.97. The smallest absolute Gasteiger partial charge is 0.277 e. The van der Waals surface area contributed by atoms with E-state index in [1.54, 1.807) is 15.9 Å². The molecule has 0 saturated heterocycles. The Morgan fingerprint density at radius 1 is 1.41 bits per heavy atom. The van der Waals surface area contributed by atoms with E-state index in [1.165, 1.54) is 12.8 Å². The molecule has 1 N–H and O–H groups in total. The number of thiophene rings is 1. The number of nitrogens with one attached hydrogen (secondary N) is 1. The Bertz CT molecular complexity index is 856. The normalized spacial score (nSPS) is 15.9. The Morgan fingerprint density at radius 2 is 2.23 bits per heavy atom. The zero-order chi connectivity index (χ0) is 15.1. The predicted octanol–water partition coefficient (Wildman–Crippen LogP) is 3.37. The van der Waals surface area contributed by atoms with Crippen molar-refractivity contribution in [2.24, 2.45) is 0 Å². The molecule has 0 atom stereocenters. The molecule has 6 heteroatoms. The second kappa shape index (κ2) is 5.35. The molecule has 1 aliphatic carbocycles. The van der Waals surface area contributed by atoms with Crippen molar-refractivity contribution in [3.63, 3.8) is 0 Å². The third kappa shape index (κ3) is 2.09. The standard InChI is InChI=1S/C16H18N4OS/c1-2-12-13-16(21)18-14(11-7-8-22-9-11)19-20(13)15(17-12)10-5-3-4-6-10/h7-10H,2-6H2,1H3,(H,18,19,21). The largest absolute Gasteiger partial charge is 0.303 e. The van der Waals surface area contributed by atoms with Crippen LogP contribution in [0.3, 0.4) is 0 Å². The number of hydrogen-bond acceptors (Lipinski definition) is 4. The maximum atomic E-state index is 12.5. The summed E-state index contributed by atoms with van der Waals surface area (Å²) in [5, 5.41) is 8.68. The predicted molar refractivity (Wildman–Crippen MR) is 87.5 cm³/mol. The van der Waals surface area contributed by atoms with Crippen LogP contribution in [-0.2, 0) is 6.42 Å². The van der Waals surface area contributed by atoms with Crippen LogP contribution >= 0.6 is 11.3 Å². The van der Waals surface area contributed by atoms with Crippen molar-refractivity contribution in [1.29, 1.82) is 0 Å². The Labute approximate surface area is 132 Å². The second-order valence-corrected chi connectivity index (χ2v) is 6.61. The van der Waals surface area contributed by atoms with Crippen LogP contribution in [0.25, 0.3) is 16.9 Å². The van der Waals surface area contributed by atoms with Crippen molar-refractivity contribution in [2.45, 2.75) is 44.9 Å². The Kier molecular flexibility index (Phi) is 3.33. The third-order valence-electron chi connectivity index (χ3n) is 4.45. The highest BCUT2D eigenvalue weighted by molar-refractivity contribution is 7.08. The van der Waals surface area contributed by atoms with Gasteiger partial charge < -0.3 is 4.98 Å². The number of aryl methyl sites for hydroxylation is 1. The molecule has 1 saturated carbocycles. The summed E-state index contributed by atoms with van der Waals surface area (Å²) in [6.45, 7) is 2.03. The maximum Gasteiger partial charge on any atom is 0.277 e. The molecule has 4 rings (SSSR count). The molecule has 1 aliphatic rings. The average molecular weight is 314 g/mol. The SMILES string of the molecule is CCc1nc(C2CCCC2)n2nc(-c3ccsc3)[nH]c(=O)c12. The van der Waals surface area contributed by atoms with Crippen molar-refractivity contribution < 1.29 is 0 Å². The Hall–Kier alpha value is -1.95. The summed E-state index contributed by atoms with van der Waals surface area (Å²) >= 11 is 1.60. The first-order valence-electron chi connectivity index (χ1n) is 7.82.